The molecule has 18 heavy (non-hydrogen) atoms. The van der Waals surface area contributed by atoms with Gasteiger partial charge in [-0.15, -0.1) is 0 Å². The Morgan fingerprint density at radius 1 is 1.22 bits per heavy atom. The number of benzene rings is 1. The molecule has 0 radical (unpaired) electrons. The molecule has 1 N–H and O–H groups in total. The lowest BCUT2D eigenvalue weighted by Gasteiger charge is -2.18. The van der Waals surface area contributed by atoms with Gasteiger partial charge < -0.3 is 5.32 Å². The maximum atomic E-state index is 13.6. The third-order valence-corrected chi connectivity index (χ3v) is 3.30. The monoisotopic (exact) mass is 246 g/mol. The number of nitrogens with one attached hydrogen (secondary N) is 1. The minimum absolute atomic E-state index is 0.211. The summed E-state index contributed by atoms with van der Waals surface area (Å²) in [5.74, 6) is 0.143. The van der Waals surface area contributed by atoms with Gasteiger partial charge in [0.15, 0.2) is 0 Å². The highest BCUT2D eigenvalue weighted by Crippen LogP contribution is 2.34. The lowest BCUT2D eigenvalue weighted by atomic mass is 9.95. The quantitative estimate of drug-likeness (QED) is 0.860. The summed E-state index contributed by atoms with van der Waals surface area (Å²) in [6.07, 6.45) is 0. The van der Waals surface area contributed by atoms with Crippen LogP contribution in [0.2, 0.25) is 0 Å². The number of hydrogen-bond donors (Lipinski definition) is 1. The van der Waals surface area contributed by atoms with E-state index in [0.29, 0.717) is 5.92 Å². The molecule has 96 valence electrons. The van der Waals surface area contributed by atoms with Gasteiger partial charge in [0.1, 0.15) is 5.82 Å². The zero-order valence-electron chi connectivity index (χ0n) is 11.6. The van der Waals surface area contributed by atoms with Gasteiger partial charge in [-0.2, -0.15) is 0 Å². The molecule has 0 saturated heterocycles. The van der Waals surface area contributed by atoms with Gasteiger partial charge in [-0.05, 0) is 43.0 Å². The lowest BCUT2D eigenvalue weighted by Crippen LogP contribution is -2.04. The molecular weight excluding hydrogens is 227 g/mol. The number of fused-ring (bicyclic) bond motifs is 1. The summed E-state index contributed by atoms with van der Waals surface area (Å²) in [5, 5.41) is 4.07. The Bertz CT molecular complexity index is 603. The number of aromatic nitrogens is 1. The van der Waals surface area contributed by atoms with Crippen LogP contribution in [0, 0.1) is 19.7 Å². The molecule has 2 nitrogen and oxygen atoms in total. The minimum atomic E-state index is -0.211. The summed E-state index contributed by atoms with van der Waals surface area (Å²) in [5.41, 5.74) is 4.92. The molecule has 0 fully saturated rings. The van der Waals surface area contributed by atoms with Gasteiger partial charge >= 0.3 is 0 Å². The summed E-state index contributed by atoms with van der Waals surface area (Å²) in [4.78, 5) is 4.64. The first-order valence-corrected chi connectivity index (χ1v) is 6.23. The second kappa shape index (κ2) is 4.56. The van der Waals surface area contributed by atoms with Gasteiger partial charge in [-0.25, -0.2) is 4.39 Å². The van der Waals surface area contributed by atoms with Crippen molar-refractivity contribution in [2.24, 2.45) is 0 Å². The molecule has 1 aromatic carbocycles. The maximum absolute atomic E-state index is 13.6. The first kappa shape index (κ1) is 12.8. The fourth-order valence-electron chi connectivity index (χ4n) is 2.60. The molecule has 1 heterocycles. The van der Waals surface area contributed by atoms with E-state index < -0.39 is 0 Å². The Balaban J connectivity index is 2.94. The van der Waals surface area contributed by atoms with Crippen molar-refractivity contribution >= 4 is 16.6 Å². The van der Waals surface area contributed by atoms with Crippen LogP contribution in [0.25, 0.3) is 10.9 Å². The maximum Gasteiger partial charge on any atom is 0.124 e. The molecule has 0 aliphatic rings. The van der Waals surface area contributed by atoms with Crippen molar-refractivity contribution in [3.8, 4) is 0 Å². The van der Waals surface area contributed by atoms with E-state index >= 15 is 0 Å². The van der Waals surface area contributed by atoms with E-state index in [1.54, 1.807) is 6.07 Å². The summed E-state index contributed by atoms with van der Waals surface area (Å²) in [6, 6.07) is 3.09. The SMILES string of the molecule is CNc1c(C(C)C)c(C)nc2c(C)cc(F)cc12. The van der Waals surface area contributed by atoms with Crippen molar-refractivity contribution in [2.75, 3.05) is 12.4 Å². The van der Waals surface area contributed by atoms with Crippen molar-refractivity contribution < 1.29 is 4.39 Å². The molecule has 0 spiro atoms. The van der Waals surface area contributed by atoms with E-state index in [9.17, 15) is 4.39 Å². The smallest absolute Gasteiger partial charge is 0.124 e. The van der Waals surface area contributed by atoms with Crippen LogP contribution in [0.4, 0.5) is 10.1 Å². The molecule has 0 saturated carbocycles. The van der Waals surface area contributed by atoms with Gasteiger partial charge in [0.05, 0.1) is 5.52 Å². The zero-order chi connectivity index (χ0) is 13.4. The van der Waals surface area contributed by atoms with Crippen LogP contribution < -0.4 is 5.32 Å². The highest BCUT2D eigenvalue weighted by molar-refractivity contribution is 5.95. The minimum Gasteiger partial charge on any atom is -0.387 e. The van der Waals surface area contributed by atoms with Gasteiger partial charge in [-0.1, -0.05) is 13.8 Å². The number of rotatable bonds is 2. The Kier molecular flexibility index (Phi) is 3.24. The largest absolute Gasteiger partial charge is 0.387 e. The second-order valence-corrected chi connectivity index (χ2v) is 5.01. The van der Waals surface area contributed by atoms with E-state index in [1.165, 1.54) is 6.07 Å². The Labute approximate surface area is 107 Å². The van der Waals surface area contributed by atoms with Gasteiger partial charge in [0.25, 0.3) is 0 Å². The number of nitrogens with zero attached hydrogens (tertiary/aromatic N) is 1. The Hall–Kier alpha value is -1.64. The number of aryl methyl sites for hydroxylation is 2. The normalized spacial score (nSPS) is 11.3. The topological polar surface area (TPSA) is 24.9 Å². The van der Waals surface area contributed by atoms with Crippen molar-refractivity contribution in [1.82, 2.24) is 4.98 Å². The number of anilines is 1. The molecule has 2 aromatic rings. The lowest BCUT2D eigenvalue weighted by molar-refractivity contribution is 0.628. The average Bonchev–Trinajstić information content (AvgIpc) is 2.28. The van der Waals surface area contributed by atoms with Crippen molar-refractivity contribution in [1.29, 1.82) is 0 Å². The molecule has 0 bridgehead atoms. The average molecular weight is 246 g/mol. The van der Waals surface area contributed by atoms with Crippen molar-refractivity contribution in [3.05, 3.63) is 34.8 Å². The predicted octanol–water partition coefficient (Wildman–Crippen LogP) is 4.16. The molecule has 0 aliphatic carbocycles. The van der Waals surface area contributed by atoms with Gasteiger partial charge in [-0.3, -0.25) is 4.98 Å². The highest BCUT2D eigenvalue weighted by Gasteiger charge is 2.16. The highest BCUT2D eigenvalue weighted by atomic mass is 19.1. The van der Waals surface area contributed by atoms with Crippen LogP contribution in [0.3, 0.4) is 0 Å². The van der Waals surface area contributed by atoms with E-state index in [0.717, 1.165) is 33.4 Å². The summed E-state index contributed by atoms with van der Waals surface area (Å²) in [6.45, 7) is 8.16. The van der Waals surface area contributed by atoms with Crippen LogP contribution in [0.15, 0.2) is 12.1 Å². The molecule has 0 unspecified atom stereocenters. The Morgan fingerprint density at radius 2 is 1.89 bits per heavy atom. The summed E-state index contributed by atoms with van der Waals surface area (Å²) >= 11 is 0. The summed E-state index contributed by atoms with van der Waals surface area (Å²) in [7, 11) is 1.88. The van der Waals surface area contributed by atoms with E-state index in [4.69, 9.17) is 0 Å². The van der Waals surface area contributed by atoms with E-state index in [2.05, 4.69) is 24.1 Å². The second-order valence-electron chi connectivity index (χ2n) is 5.01. The molecule has 0 amide bonds. The third kappa shape index (κ3) is 1.94. The summed E-state index contributed by atoms with van der Waals surface area (Å²) < 4.78 is 13.6. The number of halogens is 1. The zero-order valence-corrected chi connectivity index (χ0v) is 11.6. The van der Waals surface area contributed by atoms with E-state index in [-0.39, 0.29) is 5.82 Å². The van der Waals surface area contributed by atoms with Gasteiger partial charge in [0, 0.05) is 23.8 Å². The van der Waals surface area contributed by atoms with E-state index in [1.807, 2.05) is 20.9 Å². The van der Waals surface area contributed by atoms with Crippen molar-refractivity contribution in [2.45, 2.75) is 33.6 Å². The standard InChI is InChI=1S/C15H19FN2/c1-8(2)13-10(4)18-14-9(3)6-11(16)7-12(14)15(13)17-5/h6-8H,1-5H3,(H,17,18). The van der Waals surface area contributed by atoms with Gasteiger partial charge in [0.2, 0.25) is 0 Å². The van der Waals surface area contributed by atoms with Crippen LogP contribution in [-0.2, 0) is 0 Å². The predicted molar refractivity (Wildman–Crippen MR) is 74.8 cm³/mol. The molecule has 0 atom stereocenters. The number of hydrogen-bond acceptors (Lipinski definition) is 2. The number of pyridine rings is 1. The van der Waals surface area contributed by atoms with Crippen LogP contribution in [0.5, 0.6) is 0 Å². The first-order valence-electron chi connectivity index (χ1n) is 6.23. The van der Waals surface area contributed by atoms with Crippen molar-refractivity contribution in [3.63, 3.8) is 0 Å². The van der Waals surface area contributed by atoms with Crippen LogP contribution >= 0.6 is 0 Å². The van der Waals surface area contributed by atoms with Crippen LogP contribution in [0.1, 0.15) is 36.6 Å². The first-order chi connectivity index (χ1) is 8.45. The third-order valence-electron chi connectivity index (χ3n) is 3.30. The molecule has 2 rings (SSSR count). The molecular formula is C15H19FN2. The fraction of sp³-hybridized carbons (Fsp3) is 0.400. The fourth-order valence-corrected chi connectivity index (χ4v) is 2.60. The molecule has 1 aromatic heterocycles. The van der Waals surface area contributed by atoms with Crippen LogP contribution in [-0.4, -0.2) is 12.0 Å². The Morgan fingerprint density at radius 3 is 2.44 bits per heavy atom. The molecule has 3 heteroatoms. The molecule has 0 aliphatic heterocycles.